The molecule has 0 aliphatic carbocycles. The van der Waals surface area contributed by atoms with Gasteiger partial charge in [-0.05, 0) is 128 Å². The Balaban J connectivity index is 7.18. The zero-order valence-electron chi connectivity index (χ0n) is 68.6. The van der Waals surface area contributed by atoms with Gasteiger partial charge in [0.25, 0.3) is 0 Å². The Morgan fingerprint density at radius 3 is 1.61 bits per heavy atom. The van der Waals surface area contributed by atoms with Gasteiger partial charge in [-0.2, -0.15) is 0 Å². The maximum absolute atomic E-state index is 15.3. The summed E-state index contributed by atoms with van der Waals surface area (Å²) in [5.74, 6) is -9.73. The molecule has 14 atom stereocenters. The van der Waals surface area contributed by atoms with Gasteiger partial charge in [-0.15, -0.1) is 0 Å². The minimum Gasteiger partial charge on any atom is -0.462 e. The lowest BCUT2D eigenvalue weighted by Gasteiger charge is -2.42. The first-order chi connectivity index (χ1) is 48.5. The van der Waals surface area contributed by atoms with Crippen molar-refractivity contribution >= 4 is 77.1 Å². The van der Waals surface area contributed by atoms with Crippen LogP contribution in [0.5, 0.6) is 0 Å². The molecule has 0 aliphatic heterocycles. The Labute approximate surface area is 626 Å². The molecule has 30 nitrogen and oxygen atoms in total. The lowest BCUT2D eigenvalue weighted by molar-refractivity contribution is -0.164. The van der Waals surface area contributed by atoms with Crippen molar-refractivity contribution in [2.45, 2.75) is 262 Å². The molecular formula is C75H134N12O18. The summed E-state index contributed by atoms with van der Waals surface area (Å²) in [6, 6.07) is -12.3. The van der Waals surface area contributed by atoms with E-state index in [1.54, 1.807) is 68.4 Å². The Bertz CT molecular complexity index is 2920. The molecule has 0 aromatic rings. The number of amides is 11. The Morgan fingerprint density at radius 2 is 1.13 bits per heavy atom. The zero-order chi connectivity index (χ0) is 81.6. The summed E-state index contributed by atoms with van der Waals surface area (Å²) in [6.07, 6.45) is 0.786. The van der Waals surface area contributed by atoms with Gasteiger partial charge in [-0.25, -0.2) is 9.59 Å². The number of carbonyl (C=O) groups excluding carboxylic acids is 13. The number of esters is 2. The number of rotatable bonds is 45. The molecule has 0 bridgehead atoms. The van der Waals surface area contributed by atoms with Gasteiger partial charge in [-0.1, -0.05) is 94.9 Å². The van der Waals surface area contributed by atoms with E-state index >= 15 is 14.4 Å². The van der Waals surface area contributed by atoms with Crippen LogP contribution in [0.2, 0.25) is 0 Å². The number of likely N-dealkylation sites (N-methyl/N-ethyl adjacent to an activating group) is 7. The second kappa shape index (κ2) is 46.4. The molecular weight excluding hydrogens is 1360 g/mol. The quantitative estimate of drug-likeness (QED) is 0.0209. The van der Waals surface area contributed by atoms with Gasteiger partial charge < -0.3 is 74.7 Å². The van der Waals surface area contributed by atoms with Crippen molar-refractivity contribution in [2.24, 2.45) is 35.5 Å². The van der Waals surface area contributed by atoms with E-state index in [4.69, 9.17) is 18.9 Å². The van der Waals surface area contributed by atoms with E-state index in [0.29, 0.717) is 6.42 Å². The average molecular weight is 1490 g/mol. The second-order valence-corrected chi connectivity index (χ2v) is 30.6. The van der Waals surface area contributed by atoms with Crippen LogP contribution >= 0.6 is 0 Å². The highest BCUT2D eigenvalue weighted by molar-refractivity contribution is 5.98. The molecule has 0 aromatic carbocycles. The fraction of sp³-hybridized carbons (Fsp3) is 0.773. The van der Waals surface area contributed by atoms with Crippen LogP contribution in [0.3, 0.4) is 0 Å². The van der Waals surface area contributed by atoms with Gasteiger partial charge in [0.05, 0.1) is 18.6 Å². The van der Waals surface area contributed by atoms with E-state index in [1.807, 2.05) is 47.6 Å². The van der Waals surface area contributed by atoms with Crippen LogP contribution in [0.1, 0.15) is 183 Å². The smallest absolute Gasteiger partial charge is 0.410 e. The van der Waals surface area contributed by atoms with Gasteiger partial charge in [0.2, 0.25) is 59.1 Å². The number of hydrogen-bond donors (Lipinski definition) is 6. The fourth-order valence-electron chi connectivity index (χ4n) is 11.8. The van der Waals surface area contributed by atoms with Gasteiger partial charge in [-0.3, -0.25) is 63.0 Å². The Hall–Kier alpha value is -7.73. The first kappa shape index (κ1) is 97.3. The SMILES string of the molecule is C=C(CCNC(=O)C(C)N(C)C(=O)OC(C)(C)C)C(NC(=O)CC(C)COC)C(=O)N(C)C(CC(C)C)C(O)NC(C)C(=O)NC(C)C(=O)N(C)C(CC(C)C)C(=O)N(C)C(CC(C)C)C(=O)N(C)C(C(=O)N(C)C(C(=O)NC(CC)C(=O)OCCN(C)C(C)=O)C(OC(C)=O)C(C)CC=CC)C(C)C. The average Bonchev–Trinajstić information content (AvgIpc) is 0.798. The normalized spacial score (nSPS) is 15.7. The lowest BCUT2D eigenvalue weighted by atomic mass is 9.91. The van der Waals surface area contributed by atoms with E-state index in [-0.39, 0.29) is 100.0 Å². The van der Waals surface area contributed by atoms with E-state index in [9.17, 15) is 53.1 Å². The summed E-state index contributed by atoms with van der Waals surface area (Å²) in [5, 5.41) is 25.8. The molecule has 0 spiro atoms. The minimum absolute atomic E-state index is 0.00833. The summed E-state index contributed by atoms with van der Waals surface area (Å²) in [7, 11) is 11.5. The first-order valence-electron chi connectivity index (χ1n) is 36.7. The van der Waals surface area contributed by atoms with Crippen molar-refractivity contribution in [3.8, 4) is 0 Å². The molecule has 0 heterocycles. The highest BCUT2D eigenvalue weighted by atomic mass is 16.6. The number of nitrogens with zero attached hydrogens (tertiary/aromatic N) is 7. The van der Waals surface area contributed by atoms with Crippen molar-refractivity contribution in [3.63, 3.8) is 0 Å². The van der Waals surface area contributed by atoms with Crippen LogP contribution in [-0.2, 0) is 76.5 Å². The van der Waals surface area contributed by atoms with Crippen LogP contribution < -0.4 is 26.6 Å². The third kappa shape index (κ3) is 32.5. The van der Waals surface area contributed by atoms with Crippen molar-refractivity contribution in [1.82, 2.24) is 60.9 Å². The zero-order valence-corrected chi connectivity index (χ0v) is 68.6. The maximum Gasteiger partial charge on any atom is 0.410 e. The van der Waals surface area contributed by atoms with Gasteiger partial charge in [0.15, 0.2) is 0 Å². The molecule has 0 saturated carbocycles. The largest absolute Gasteiger partial charge is 0.462 e. The molecule has 0 rings (SSSR count). The number of carbonyl (C=O) groups is 13. The molecule has 11 amide bonds. The summed E-state index contributed by atoms with van der Waals surface area (Å²) in [5.41, 5.74) is -0.582. The predicted octanol–water partition coefficient (Wildman–Crippen LogP) is 4.64. The number of methoxy groups -OCH3 is 1. The van der Waals surface area contributed by atoms with Crippen molar-refractivity contribution < 1.29 is 86.4 Å². The number of ether oxygens (including phenoxy) is 4. The van der Waals surface area contributed by atoms with Crippen molar-refractivity contribution in [1.29, 1.82) is 0 Å². The van der Waals surface area contributed by atoms with E-state index < -0.39 is 161 Å². The third-order valence-electron chi connectivity index (χ3n) is 18.2. The van der Waals surface area contributed by atoms with Crippen LogP contribution in [-0.4, -0.2) is 278 Å². The third-order valence-corrected chi connectivity index (χ3v) is 18.2. The molecule has 0 radical (unpaired) electrons. The van der Waals surface area contributed by atoms with E-state index in [2.05, 4.69) is 33.2 Å². The van der Waals surface area contributed by atoms with E-state index in [1.165, 1.54) is 116 Å². The van der Waals surface area contributed by atoms with Crippen LogP contribution in [0, 0.1) is 35.5 Å². The monoisotopic (exact) mass is 1490 g/mol. The number of aliphatic hydroxyl groups excluding tert-OH is 1. The molecule has 0 fully saturated rings. The van der Waals surface area contributed by atoms with E-state index in [0.717, 1.165) is 9.80 Å². The van der Waals surface area contributed by atoms with Gasteiger partial charge in [0, 0.05) is 89.9 Å². The second-order valence-electron chi connectivity index (χ2n) is 30.6. The number of nitrogens with one attached hydrogen (secondary N) is 5. The standard InChI is InChI=1S/C75H134N12O18/c1-30-32-33-49(13)63(104-54(18)89)62(67(94)79-55(31-2)73(100)103-37-36-81(22)53(17)88)87(28)72(99)61(46(9)10)86(27)70(97)58(40-45(7)8)85(26)69(96)57(39-44(5)6)84(25)68(95)51(15)78-64(91)50(14)77-66(93)56(38-43(3)4)83(24)71(98)60(80-59(90)41-47(11)42-102-29)48(12)34-35-76-65(92)52(16)82(23)74(101)105-75(19,20)21/h30,32,43-47,49-52,55-58,60-63,66,77,93H,12,31,33-42H2,1-11,13-29H3,(H,76,92)(H,78,91)(H,79,94)(H,80,90). The number of allylic oxidation sites excluding steroid dienone is 2. The highest BCUT2D eigenvalue weighted by Crippen LogP contribution is 2.27. The number of hydrogen-bond acceptors (Lipinski definition) is 19. The molecule has 0 aliphatic rings. The summed E-state index contributed by atoms with van der Waals surface area (Å²) in [6.45, 7) is 37.9. The first-order valence-corrected chi connectivity index (χ1v) is 36.7. The molecule has 602 valence electrons. The molecule has 105 heavy (non-hydrogen) atoms. The lowest BCUT2D eigenvalue weighted by Crippen LogP contribution is -2.63. The van der Waals surface area contributed by atoms with Crippen molar-refractivity contribution in [3.05, 3.63) is 24.3 Å². The van der Waals surface area contributed by atoms with Crippen LogP contribution in [0.4, 0.5) is 4.79 Å². The maximum atomic E-state index is 15.3. The molecule has 30 heteroatoms. The van der Waals surface area contributed by atoms with Gasteiger partial charge >= 0.3 is 18.0 Å². The van der Waals surface area contributed by atoms with Crippen LogP contribution in [0.25, 0.3) is 0 Å². The molecule has 6 N–H and O–H groups in total. The highest BCUT2D eigenvalue weighted by Gasteiger charge is 2.47. The Kier molecular flexibility index (Phi) is 43.0. The molecule has 0 saturated heterocycles. The Morgan fingerprint density at radius 1 is 0.610 bits per heavy atom. The summed E-state index contributed by atoms with van der Waals surface area (Å²) < 4.78 is 22.0. The fourth-order valence-corrected chi connectivity index (χ4v) is 11.8. The topological polar surface area (TPSA) is 362 Å². The van der Waals surface area contributed by atoms with Crippen LogP contribution in [0.15, 0.2) is 24.3 Å². The minimum atomic E-state index is -1.58. The summed E-state index contributed by atoms with van der Waals surface area (Å²) >= 11 is 0. The predicted molar refractivity (Wildman–Crippen MR) is 401 cm³/mol. The molecule has 14 unspecified atom stereocenters. The van der Waals surface area contributed by atoms with Gasteiger partial charge in [0.1, 0.15) is 72.9 Å². The molecule has 0 aromatic heterocycles. The van der Waals surface area contributed by atoms with Crippen molar-refractivity contribution in [2.75, 3.05) is 82.7 Å². The number of aliphatic hydroxyl groups is 1. The summed E-state index contributed by atoms with van der Waals surface area (Å²) in [4.78, 5) is 190.